The fraction of sp³-hybridized carbons (Fsp3) is 0.600. The van der Waals surface area contributed by atoms with Crippen LogP contribution in [0.2, 0.25) is 0 Å². The van der Waals surface area contributed by atoms with Crippen LogP contribution in [0.1, 0.15) is 74.3 Å². The van der Waals surface area contributed by atoms with Crippen molar-refractivity contribution < 1.29 is 9.53 Å². The van der Waals surface area contributed by atoms with Crippen molar-refractivity contribution >= 4 is 5.91 Å². The van der Waals surface area contributed by atoms with Gasteiger partial charge in [0.1, 0.15) is 11.4 Å². The first-order valence-electron chi connectivity index (χ1n) is 11.5. The number of carbonyl (C=O) groups is 1. The fourth-order valence-electron chi connectivity index (χ4n) is 6.51. The number of nitrogens with zero attached hydrogens (tertiary/aromatic N) is 2. The predicted molar refractivity (Wildman–Crippen MR) is 116 cm³/mol. The van der Waals surface area contributed by atoms with Crippen molar-refractivity contribution in [3.63, 3.8) is 0 Å². The summed E-state index contributed by atoms with van der Waals surface area (Å²) in [6.07, 6.45) is 10.0. The summed E-state index contributed by atoms with van der Waals surface area (Å²) < 4.78 is 7.49. The molecule has 0 saturated heterocycles. The number of hydrogen-bond acceptors (Lipinski definition) is 3. The van der Waals surface area contributed by atoms with E-state index in [1.165, 1.54) is 44.1 Å². The highest BCUT2D eigenvalue weighted by Crippen LogP contribution is 2.59. The van der Waals surface area contributed by atoms with Gasteiger partial charge in [-0.1, -0.05) is 26.0 Å². The van der Waals surface area contributed by atoms with Crippen LogP contribution in [0.4, 0.5) is 0 Å². The third-order valence-electron chi connectivity index (χ3n) is 7.57. The van der Waals surface area contributed by atoms with Gasteiger partial charge in [0, 0.05) is 12.7 Å². The molecular formula is C25H33N3O2. The van der Waals surface area contributed by atoms with E-state index in [2.05, 4.69) is 36.4 Å². The molecule has 1 heterocycles. The number of carbonyl (C=O) groups excluding carboxylic acids is 1. The van der Waals surface area contributed by atoms with E-state index in [4.69, 9.17) is 4.74 Å². The van der Waals surface area contributed by atoms with Gasteiger partial charge in [-0.2, -0.15) is 5.10 Å². The SMILES string of the molecule is CC(C)c1ccc(OCn2ccc(C(=O)NCC34CC5CC(CC(C5)C3)C4)n2)cc1. The van der Waals surface area contributed by atoms with E-state index in [1.54, 1.807) is 10.7 Å². The Morgan fingerprint density at radius 2 is 1.73 bits per heavy atom. The number of rotatable bonds is 7. The van der Waals surface area contributed by atoms with E-state index in [0.717, 1.165) is 30.0 Å². The molecule has 4 aliphatic rings. The van der Waals surface area contributed by atoms with Gasteiger partial charge >= 0.3 is 0 Å². The van der Waals surface area contributed by atoms with Crippen molar-refractivity contribution in [2.45, 2.75) is 65.0 Å². The van der Waals surface area contributed by atoms with Gasteiger partial charge in [-0.25, -0.2) is 4.68 Å². The highest BCUT2D eigenvalue weighted by atomic mass is 16.5. The summed E-state index contributed by atoms with van der Waals surface area (Å²) in [6, 6.07) is 9.93. The van der Waals surface area contributed by atoms with Crippen LogP contribution < -0.4 is 10.1 Å². The second-order valence-corrected chi connectivity index (χ2v) is 10.3. The normalized spacial score (nSPS) is 29.4. The molecule has 1 aromatic carbocycles. The molecule has 4 aliphatic carbocycles. The molecule has 1 amide bonds. The number of aromatic nitrogens is 2. The van der Waals surface area contributed by atoms with Crippen molar-refractivity contribution in [3.8, 4) is 5.75 Å². The van der Waals surface area contributed by atoms with Gasteiger partial charge in [-0.15, -0.1) is 0 Å². The molecule has 6 rings (SSSR count). The molecule has 0 atom stereocenters. The molecule has 30 heavy (non-hydrogen) atoms. The quantitative estimate of drug-likeness (QED) is 0.703. The zero-order valence-electron chi connectivity index (χ0n) is 18.1. The lowest BCUT2D eigenvalue weighted by Crippen LogP contribution is -2.51. The molecule has 4 saturated carbocycles. The summed E-state index contributed by atoms with van der Waals surface area (Å²) in [6.45, 7) is 5.45. The van der Waals surface area contributed by atoms with E-state index >= 15 is 0 Å². The molecule has 1 aromatic heterocycles. The summed E-state index contributed by atoms with van der Waals surface area (Å²) in [5.41, 5.74) is 2.11. The Balaban J connectivity index is 1.14. The van der Waals surface area contributed by atoms with Gasteiger partial charge in [0.2, 0.25) is 0 Å². The highest BCUT2D eigenvalue weighted by Gasteiger charge is 2.50. The van der Waals surface area contributed by atoms with Crippen LogP contribution in [0, 0.1) is 23.2 Å². The van der Waals surface area contributed by atoms with Crippen molar-refractivity contribution in [1.82, 2.24) is 15.1 Å². The van der Waals surface area contributed by atoms with Crippen LogP contribution in [0.5, 0.6) is 5.75 Å². The Morgan fingerprint density at radius 3 is 2.33 bits per heavy atom. The number of hydrogen-bond donors (Lipinski definition) is 1. The maximum Gasteiger partial charge on any atom is 0.271 e. The average molecular weight is 408 g/mol. The van der Waals surface area contributed by atoms with Crippen LogP contribution >= 0.6 is 0 Å². The highest BCUT2D eigenvalue weighted by molar-refractivity contribution is 5.92. The molecule has 0 spiro atoms. The van der Waals surface area contributed by atoms with E-state index < -0.39 is 0 Å². The number of benzene rings is 1. The molecule has 0 radical (unpaired) electrons. The molecule has 4 fully saturated rings. The predicted octanol–water partition coefficient (Wildman–Crippen LogP) is 4.99. The third-order valence-corrected chi connectivity index (χ3v) is 7.57. The summed E-state index contributed by atoms with van der Waals surface area (Å²) in [4.78, 5) is 12.7. The van der Waals surface area contributed by atoms with Crippen molar-refractivity contribution in [2.75, 3.05) is 6.54 Å². The molecule has 5 nitrogen and oxygen atoms in total. The molecule has 5 heteroatoms. The largest absolute Gasteiger partial charge is 0.471 e. The Morgan fingerprint density at radius 1 is 1.10 bits per heavy atom. The summed E-state index contributed by atoms with van der Waals surface area (Å²) >= 11 is 0. The first kappa shape index (κ1) is 19.7. The minimum Gasteiger partial charge on any atom is -0.471 e. The van der Waals surface area contributed by atoms with Crippen LogP contribution in [-0.4, -0.2) is 22.2 Å². The van der Waals surface area contributed by atoms with Gasteiger partial charge in [0.05, 0.1) is 0 Å². The maximum atomic E-state index is 12.7. The monoisotopic (exact) mass is 407 g/mol. The number of nitrogens with one attached hydrogen (secondary N) is 1. The Hall–Kier alpha value is -2.30. The summed E-state index contributed by atoms with van der Waals surface area (Å²) in [5, 5.41) is 7.62. The van der Waals surface area contributed by atoms with Crippen LogP contribution in [0.3, 0.4) is 0 Å². The molecule has 4 bridgehead atoms. The van der Waals surface area contributed by atoms with Crippen molar-refractivity contribution in [3.05, 3.63) is 47.8 Å². The first-order valence-corrected chi connectivity index (χ1v) is 11.5. The Labute approximate surface area is 179 Å². The maximum absolute atomic E-state index is 12.7. The molecule has 1 N–H and O–H groups in total. The third kappa shape index (κ3) is 3.99. The summed E-state index contributed by atoms with van der Waals surface area (Å²) in [7, 11) is 0. The van der Waals surface area contributed by atoms with Crippen LogP contribution in [0.25, 0.3) is 0 Å². The van der Waals surface area contributed by atoms with Gasteiger partial charge in [0.15, 0.2) is 6.73 Å². The number of amides is 1. The lowest BCUT2D eigenvalue weighted by Gasteiger charge is -2.56. The van der Waals surface area contributed by atoms with E-state index in [1.807, 2.05) is 18.3 Å². The first-order chi connectivity index (χ1) is 14.5. The number of ether oxygens (including phenoxy) is 1. The topological polar surface area (TPSA) is 56.1 Å². The van der Waals surface area contributed by atoms with E-state index in [9.17, 15) is 4.79 Å². The zero-order valence-corrected chi connectivity index (χ0v) is 18.1. The minimum atomic E-state index is -0.0641. The lowest BCUT2D eigenvalue weighted by atomic mass is 9.49. The molecule has 0 aliphatic heterocycles. The van der Waals surface area contributed by atoms with Gasteiger partial charge < -0.3 is 10.1 Å². The fourth-order valence-corrected chi connectivity index (χ4v) is 6.51. The van der Waals surface area contributed by atoms with Crippen molar-refractivity contribution in [1.29, 1.82) is 0 Å². The molecule has 2 aromatic rings. The Bertz CT molecular complexity index is 864. The van der Waals surface area contributed by atoms with E-state index in [-0.39, 0.29) is 5.91 Å². The second kappa shape index (κ2) is 7.75. The summed E-state index contributed by atoms with van der Waals surface area (Å²) in [5.74, 6) is 3.95. The second-order valence-electron chi connectivity index (χ2n) is 10.3. The van der Waals surface area contributed by atoms with Crippen LogP contribution in [-0.2, 0) is 6.73 Å². The standard InChI is InChI=1S/C25H33N3O2/c1-17(2)21-3-5-22(6-4-21)30-16-28-8-7-23(27-28)24(29)26-15-25-12-18-9-19(13-25)11-20(10-18)14-25/h3-8,17-20H,9-16H2,1-2H3,(H,26,29). The average Bonchev–Trinajstić information content (AvgIpc) is 3.19. The van der Waals surface area contributed by atoms with Crippen molar-refractivity contribution in [2.24, 2.45) is 23.2 Å². The van der Waals surface area contributed by atoms with E-state index in [0.29, 0.717) is 23.8 Å². The molecule has 160 valence electrons. The minimum absolute atomic E-state index is 0.0641. The lowest BCUT2D eigenvalue weighted by molar-refractivity contribution is -0.0503. The van der Waals surface area contributed by atoms with Gasteiger partial charge in [-0.05, 0) is 91.4 Å². The van der Waals surface area contributed by atoms with Gasteiger partial charge in [0.25, 0.3) is 5.91 Å². The smallest absolute Gasteiger partial charge is 0.271 e. The molecular weight excluding hydrogens is 374 g/mol. The Kier molecular flexibility index (Phi) is 5.08. The zero-order chi connectivity index (χ0) is 20.7. The van der Waals surface area contributed by atoms with Gasteiger partial charge in [-0.3, -0.25) is 4.79 Å². The van der Waals surface area contributed by atoms with Crippen LogP contribution in [0.15, 0.2) is 36.5 Å². The molecule has 0 unspecified atom stereocenters.